The Labute approximate surface area is 310 Å². The van der Waals surface area contributed by atoms with E-state index in [4.69, 9.17) is 0 Å². The summed E-state index contributed by atoms with van der Waals surface area (Å²) in [5.41, 5.74) is 9.30. The van der Waals surface area contributed by atoms with Crippen molar-refractivity contribution in [2.45, 2.75) is 0 Å². The van der Waals surface area contributed by atoms with Crippen molar-refractivity contribution < 1.29 is 0 Å². The van der Waals surface area contributed by atoms with Crippen molar-refractivity contribution in [3.8, 4) is 11.1 Å². The normalized spacial score (nSPS) is 11.5. The number of benzene rings is 8. The monoisotopic (exact) mass is 700 g/mol. The molecule has 0 saturated carbocycles. The first-order chi connectivity index (χ1) is 25.8. The van der Waals surface area contributed by atoms with E-state index in [0.717, 1.165) is 22.7 Å². The van der Waals surface area contributed by atoms with E-state index in [1.165, 1.54) is 62.8 Å². The van der Waals surface area contributed by atoms with Crippen LogP contribution in [0.25, 0.3) is 51.5 Å². The molecule has 0 amide bonds. The maximum absolute atomic E-state index is 2.43. The molecule has 52 heavy (non-hydrogen) atoms. The number of hydrogen-bond acceptors (Lipinski definition) is 4. The van der Waals surface area contributed by atoms with Crippen LogP contribution < -0.4 is 9.80 Å². The van der Waals surface area contributed by atoms with Gasteiger partial charge in [-0.25, -0.2) is 0 Å². The van der Waals surface area contributed by atoms with Crippen LogP contribution in [0.3, 0.4) is 0 Å². The minimum Gasteiger partial charge on any atom is -0.310 e. The lowest BCUT2D eigenvalue weighted by Gasteiger charge is -2.27. The van der Waals surface area contributed by atoms with E-state index in [-0.39, 0.29) is 0 Å². The Bertz CT molecular complexity index is 2840. The first-order valence-corrected chi connectivity index (χ1v) is 19.1. The molecule has 0 atom stereocenters. The first kappa shape index (κ1) is 30.6. The van der Waals surface area contributed by atoms with Gasteiger partial charge in [-0.05, 0) is 83.9 Å². The summed E-state index contributed by atoms with van der Waals surface area (Å²) in [5.74, 6) is 0. The number of anilines is 6. The summed E-state index contributed by atoms with van der Waals surface area (Å²) >= 11 is 3.73. The molecule has 8 aromatic carbocycles. The van der Waals surface area contributed by atoms with Crippen molar-refractivity contribution in [1.29, 1.82) is 0 Å². The maximum Gasteiger partial charge on any atom is 0.0640 e. The lowest BCUT2D eigenvalue weighted by molar-refractivity contribution is 1.30. The molecule has 2 aromatic heterocycles. The third-order valence-electron chi connectivity index (χ3n) is 9.84. The highest BCUT2D eigenvalue weighted by Crippen LogP contribution is 2.50. The molecule has 2 heterocycles. The molecule has 0 N–H and O–H groups in total. The van der Waals surface area contributed by atoms with Crippen LogP contribution in [0.15, 0.2) is 194 Å². The van der Waals surface area contributed by atoms with Crippen molar-refractivity contribution in [1.82, 2.24) is 0 Å². The van der Waals surface area contributed by atoms with E-state index in [9.17, 15) is 0 Å². The molecule has 0 bridgehead atoms. The predicted molar refractivity (Wildman–Crippen MR) is 227 cm³/mol. The van der Waals surface area contributed by atoms with Gasteiger partial charge in [0.05, 0.1) is 16.1 Å². The van der Waals surface area contributed by atoms with Crippen LogP contribution in [0.2, 0.25) is 0 Å². The lowest BCUT2D eigenvalue weighted by Crippen LogP contribution is -2.10. The maximum atomic E-state index is 2.43. The number of rotatable bonds is 7. The molecule has 0 saturated heterocycles. The highest BCUT2D eigenvalue weighted by atomic mass is 32.1. The van der Waals surface area contributed by atoms with Crippen LogP contribution in [-0.2, 0) is 0 Å². The molecular formula is C48H32N2S2. The van der Waals surface area contributed by atoms with Gasteiger partial charge in [-0.1, -0.05) is 121 Å². The average molecular weight is 701 g/mol. The Kier molecular flexibility index (Phi) is 7.56. The molecule has 0 aliphatic heterocycles. The minimum absolute atomic E-state index is 1.12. The number of thiophene rings is 2. The van der Waals surface area contributed by atoms with Gasteiger partial charge in [0.1, 0.15) is 0 Å². The Morgan fingerprint density at radius 2 is 0.827 bits per heavy atom. The van der Waals surface area contributed by atoms with Gasteiger partial charge in [-0.15, -0.1) is 22.7 Å². The Balaban J connectivity index is 1.17. The number of nitrogens with zero attached hydrogens (tertiary/aromatic N) is 2. The summed E-state index contributed by atoms with van der Waals surface area (Å²) in [7, 11) is 0. The van der Waals surface area contributed by atoms with E-state index in [2.05, 4.69) is 204 Å². The van der Waals surface area contributed by atoms with Gasteiger partial charge in [-0.3, -0.25) is 0 Å². The summed E-state index contributed by atoms with van der Waals surface area (Å²) in [6.07, 6.45) is 0. The second kappa shape index (κ2) is 12.8. The summed E-state index contributed by atoms with van der Waals surface area (Å²) in [5, 5.41) is 5.13. The van der Waals surface area contributed by atoms with Crippen molar-refractivity contribution in [2.24, 2.45) is 0 Å². The standard InChI is InChI=1S/C48H32N2S2/c1-4-14-33(15-5-1)34-26-28-37(29-27-34)49(35-16-6-2-7-17-35)43-23-12-21-41-47-42(22-13-25-45(47)52-48(41)43)50(36-18-8-3-9-19-36)38-30-31-40-39-20-10-11-24-44(39)51-46(40)32-38/h1-32H. The van der Waals surface area contributed by atoms with Crippen LogP contribution in [0, 0.1) is 0 Å². The van der Waals surface area contributed by atoms with E-state index < -0.39 is 0 Å². The van der Waals surface area contributed by atoms with Gasteiger partial charge in [0.25, 0.3) is 0 Å². The molecule has 4 heteroatoms. The lowest BCUT2D eigenvalue weighted by atomic mass is 10.0. The predicted octanol–water partition coefficient (Wildman–Crippen LogP) is 15.0. The quantitative estimate of drug-likeness (QED) is 0.163. The molecule has 10 aromatic rings. The van der Waals surface area contributed by atoms with Gasteiger partial charge in [0, 0.05) is 58.4 Å². The van der Waals surface area contributed by atoms with Crippen LogP contribution >= 0.6 is 22.7 Å². The van der Waals surface area contributed by atoms with Gasteiger partial charge in [-0.2, -0.15) is 0 Å². The number of para-hydroxylation sites is 2. The Hall–Kier alpha value is -6.20. The molecule has 10 rings (SSSR count). The average Bonchev–Trinajstić information content (AvgIpc) is 3.79. The summed E-state index contributed by atoms with van der Waals surface area (Å²) in [4.78, 5) is 4.83. The van der Waals surface area contributed by atoms with E-state index in [1.54, 1.807) is 0 Å². The van der Waals surface area contributed by atoms with Crippen LogP contribution in [0.5, 0.6) is 0 Å². The largest absolute Gasteiger partial charge is 0.310 e. The summed E-state index contributed by atoms with van der Waals surface area (Å²) < 4.78 is 5.13. The Morgan fingerprint density at radius 1 is 0.308 bits per heavy atom. The SMILES string of the molecule is c1ccc(-c2ccc(N(c3ccccc3)c3cccc4c3sc3cccc(N(c5ccccc5)c5ccc6c(c5)sc5ccccc56)c34)cc2)cc1. The van der Waals surface area contributed by atoms with Crippen LogP contribution in [0.4, 0.5) is 34.1 Å². The third-order valence-corrected chi connectivity index (χ3v) is 12.2. The van der Waals surface area contributed by atoms with Gasteiger partial charge >= 0.3 is 0 Å². The third kappa shape index (κ3) is 5.24. The zero-order valence-electron chi connectivity index (χ0n) is 28.2. The van der Waals surface area contributed by atoms with Crippen LogP contribution in [0.1, 0.15) is 0 Å². The first-order valence-electron chi connectivity index (χ1n) is 17.5. The highest BCUT2D eigenvalue weighted by Gasteiger charge is 2.22. The van der Waals surface area contributed by atoms with E-state index >= 15 is 0 Å². The molecule has 0 radical (unpaired) electrons. The Morgan fingerprint density at radius 3 is 1.58 bits per heavy atom. The van der Waals surface area contributed by atoms with Crippen LogP contribution in [-0.4, -0.2) is 0 Å². The smallest absolute Gasteiger partial charge is 0.0640 e. The van der Waals surface area contributed by atoms with Gasteiger partial charge in [0.15, 0.2) is 0 Å². The number of hydrogen-bond donors (Lipinski definition) is 0. The van der Waals surface area contributed by atoms with Gasteiger partial charge < -0.3 is 9.80 Å². The molecule has 2 nitrogen and oxygen atoms in total. The van der Waals surface area contributed by atoms with Gasteiger partial charge in [0.2, 0.25) is 0 Å². The highest BCUT2D eigenvalue weighted by molar-refractivity contribution is 7.26. The second-order valence-electron chi connectivity index (χ2n) is 12.9. The minimum atomic E-state index is 1.12. The number of fused-ring (bicyclic) bond motifs is 6. The molecule has 246 valence electrons. The van der Waals surface area contributed by atoms with Crippen molar-refractivity contribution in [3.63, 3.8) is 0 Å². The summed E-state index contributed by atoms with van der Waals surface area (Å²) in [6.45, 7) is 0. The molecule has 0 aliphatic rings. The zero-order chi connectivity index (χ0) is 34.4. The fraction of sp³-hybridized carbons (Fsp3) is 0. The topological polar surface area (TPSA) is 6.48 Å². The molecule has 0 spiro atoms. The van der Waals surface area contributed by atoms with E-state index in [1.807, 2.05) is 22.7 Å². The molecule has 0 fully saturated rings. The molecule has 0 unspecified atom stereocenters. The zero-order valence-corrected chi connectivity index (χ0v) is 29.8. The fourth-order valence-corrected chi connectivity index (χ4v) is 9.84. The molecule has 0 aliphatic carbocycles. The molecular weight excluding hydrogens is 669 g/mol. The second-order valence-corrected chi connectivity index (χ2v) is 15.1. The fourth-order valence-electron chi connectivity index (χ4n) is 7.47. The van der Waals surface area contributed by atoms with Crippen molar-refractivity contribution in [2.75, 3.05) is 9.80 Å². The summed E-state index contributed by atoms with van der Waals surface area (Å²) in [6, 6.07) is 70.2. The van der Waals surface area contributed by atoms with Crippen molar-refractivity contribution in [3.05, 3.63) is 194 Å². The van der Waals surface area contributed by atoms with E-state index in [0.29, 0.717) is 0 Å². The van der Waals surface area contributed by atoms with Crippen molar-refractivity contribution >= 4 is 97.1 Å².